The lowest BCUT2D eigenvalue weighted by atomic mass is 10.1. The molecular formula is C38H32BrN3O4S. The van der Waals surface area contributed by atoms with E-state index in [-0.39, 0.29) is 11.6 Å². The van der Waals surface area contributed by atoms with Gasteiger partial charge >= 0.3 is 0 Å². The zero-order valence-corrected chi connectivity index (χ0v) is 27.9. The standard InChI is InChI=1S/C38H32BrN3O4S/c1-2-46-34-23-12-9-18-28(34)24-33(42-36(43)27-16-7-4-8-17-27)37(44)40-29-19-13-20-30(25-29)47-35(26-14-5-3-6-15-26)38(45)41-32-22-11-10-21-31(32)39/h3-25,35H,2H2,1H3,(H,40,44)(H,41,45)(H,42,43)/b33-24+. The van der Waals surface area contributed by atoms with E-state index >= 15 is 0 Å². The quantitative estimate of drug-likeness (QED) is 0.0891. The molecule has 0 bridgehead atoms. The van der Waals surface area contributed by atoms with E-state index in [4.69, 9.17) is 4.74 Å². The van der Waals surface area contributed by atoms with Crippen molar-refractivity contribution in [2.45, 2.75) is 17.1 Å². The lowest BCUT2D eigenvalue weighted by Gasteiger charge is -2.18. The molecule has 0 aliphatic heterocycles. The summed E-state index contributed by atoms with van der Waals surface area (Å²) in [6.45, 7) is 2.32. The fraction of sp³-hybridized carbons (Fsp3) is 0.0789. The largest absolute Gasteiger partial charge is 0.493 e. The van der Waals surface area contributed by atoms with Gasteiger partial charge in [-0.2, -0.15) is 0 Å². The van der Waals surface area contributed by atoms with Crippen molar-refractivity contribution in [1.29, 1.82) is 0 Å². The molecular weight excluding hydrogens is 674 g/mol. The van der Waals surface area contributed by atoms with Crippen LogP contribution >= 0.6 is 27.7 Å². The molecule has 0 saturated heterocycles. The summed E-state index contributed by atoms with van der Waals surface area (Å²) in [5, 5.41) is 8.14. The summed E-state index contributed by atoms with van der Waals surface area (Å²) in [6.07, 6.45) is 1.59. The van der Waals surface area contributed by atoms with Gasteiger partial charge in [-0.05, 0) is 83.0 Å². The Morgan fingerprint density at radius 2 is 1.47 bits per heavy atom. The maximum Gasteiger partial charge on any atom is 0.272 e. The van der Waals surface area contributed by atoms with E-state index in [9.17, 15) is 14.4 Å². The molecule has 47 heavy (non-hydrogen) atoms. The molecule has 0 spiro atoms. The molecule has 0 saturated carbocycles. The monoisotopic (exact) mass is 705 g/mol. The van der Waals surface area contributed by atoms with E-state index in [1.165, 1.54) is 11.8 Å². The summed E-state index contributed by atoms with van der Waals surface area (Å²) in [5.74, 6) is -0.550. The molecule has 5 aromatic rings. The predicted octanol–water partition coefficient (Wildman–Crippen LogP) is 8.73. The number of thioether (sulfide) groups is 1. The van der Waals surface area contributed by atoms with E-state index < -0.39 is 17.1 Å². The number of anilines is 2. The highest BCUT2D eigenvalue weighted by Gasteiger charge is 2.23. The van der Waals surface area contributed by atoms with Crippen LogP contribution in [0.15, 0.2) is 149 Å². The number of nitrogens with one attached hydrogen (secondary N) is 3. The SMILES string of the molecule is CCOc1ccccc1/C=C(/NC(=O)c1ccccc1)C(=O)Nc1cccc(SC(C(=O)Nc2ccccc2Br)c2ccccc2)c1. The molecule has 3 N–H and O–H groups in total. The van der Waals surface area contributed by atoms with Gasteiger partial charge in [-0.15, -0.1) is 11.8 Å². The van der Waals surface area contributed by atoms with Crippen molar-refractivity contribution in [1.82, 2.24) is 5.32 Å². The molecule has 5 rings (SSSR count). The highest BCUT2D eigenvalue weighted by molar-refractivity contribution is 9.10. The Hall–Kier alpha value is -5.12. The molecule has 236 valence electrons. The fourth-order valence-corrected chi connectivity index (χ4v) is 6.10. The maximum absolute atomic E-state index is 13.7. The van der Waals surface area contributed by atoms with E-state index in [1.54, 1.807) is 48.5 Å². The van der Waals surface area contributed by atoms with Gasteiger partial charge < -0.3 is 20.7 Å². The van der Waals surface area contributed by atoms with Crippen molar-refractivity contribution in [2.75, 3.05) is 17.2 Å². The van der Waals surface area contributed by atoms with Gasteiger partial charge in [0.1, 0.15) is 16.7 Å². The third-order valence-corrected chi connectivity index (χ3v) is 8.81. The average Bonchev–Trinajstić information content (AvgIpc) is 3.09. The van der Waals surface area contributed by atoms with Gasteiger partial charge in [-0.1, -0.05) is 84.9 Å². The van der Waals surface area contributed by atoms with E-state index in [0.29, 0.717) is 34.9 Å². The Balaban J connectivity index is 1.40. The van der Waals surface area contributed by atoms with Crippen LogP contribution in [0.5, 0.6) is 5.75 Å². The van der Waals surface area contributed by atoms with Crippen LogP contribution in [0.2, 0.25) is 0 Å². The van der Waals surface area contributed by atoms with Crippen molar-refractivity contribution >= 4 is 62.9 Å². The minimum Gasteiger partial charge on any atom is -0.493 e. The summed E-state index contributed by atoms with van der Waals surface area (Å²) in [5.41, 5.74) is 3.09. The maximum atomic E-state index is 13.7. The first-order valence-corrected chi connectivity index (χ1v) is 16.6. The number of para-hydroxylation sites is 2. The Morgan fingerprint density at radius 3 is 2.21 bits per heavy atom. The van der Waals surface area contributed by atoms with Crippen LogP contribution in [0.3, 0.4) is 0 Å². The number of halogens is 1. The number of ether oxygens (including phenoxy) is 1. The number of hydrogen-bond donors (Lipinski definition) is 3. The number of hydrogen-bond acceptors (Lipinski definition) is 5. The highest BCUT2D eigenvalue weighted by Crippen LogP contribution is 2.38. The first-order valence-electron chi connectivity index (χ1n) is 14.9. The molecule has 0 aliphatic rings. The predicted molar refractivity (Wildman–Crippen MR) is 192 cm³/mol. The van der Waals surface area contributed by atoms with Crippen molar-refractivity contribution in [3.05, 3.63) is 160 Å². The Bertz CT molecular complexity index is 1880. The molecule has 0 fully saturated rings. The molecule has 0 heterocycles. The zero-order chi connectivity index (χ0) is 33.0. The molecule has 5 aromatic carbocycles. The summed E-state index contributed by atoms with van der Waals surface area (Å²) < 4.78 is 6.53. The van der Waals surface area contributed by atoms with E-state index in [0.717, 1.165) is 14.9 Å². The van der Waals surface area contributed by atoms with Crippen LogP contribution in [0.1, 0.15) is 33.7 Å². The first-order chi connectivity index (χ1) is 22.9. The number of carbonyl (C=O) groups excluding carboxylic acids is 3. The van der Waals surface area contributed by atoms with Crippen LogP contribution in [0.4, 0.5) is 11.4 Å². The Labute approximate surface area is 286 Å². The molecule has 1 unspecified atom stereocenters. The molecule has 0 radical (unpaired) electrons. The minimum absolute atomic E-state index is 0.0408. The average molecular weight is 707 g/mol. The van der Waals surface area contributed by atoms with Gasteiger partial charge in [0.05, 0.1) is 12.3 Å². The third kappa shape index (κ3) is 9.22. The molecule has 0 aromatic heterocycles. The lowest BCUT2D eigenvalue weighted by Crippen LogP contribution is -2.30. The molecule has 0 aliphatic carbocycles. The second-order valence-electron chi connectivity index (χ2n) is 10.2. The van der Waals surface area contributed by atoms with Gasteiger partial charge in [-0.25, -0.2) is 0 Å². The summed E-state index contributed by atoms with van der Waals surface area (Å²) >= 11 is 4.87. The van der Waals surface area contributed by atoms with Crippen LogP contribution in [0.25, 0.3) is 6.08 Å². The second-order valence-corrected chi connectivity index (χ2v) is 12.2. The normalized spacial score (nSPS) is 11.7. The molecule has 9 heteroatoms. The smallest absolute Gasteiger partial charge is 0.272 e. The van der Waals surface area contributed by atoms with Crippen LogP contribution < -0.4 is 20.7 Å². The number of benzene rings is 5. The number of carbonyl (C=O) groups is 3. The van der Waals surface area contributed by atoms with Gasteiger partial charge in [0.2, 0.25) is 5.91 Å². The third-order valence-electron chi connectivity index (χ3n) is 6.87. The van der Waals surface area contributed by atoms with Gasteiger partial charge in [0.25, 0.3) is 11.8 Å². The highest BCUT2D eigenvalue weighted by atomic mass is 79.9. The Morgan fingerprint density at radius 1 is 0.787 bits per heavy atom. The summed E-state index contributed by atoms with van der Waals surface area (Å²) in [4.78, 5) is 41.2. The lowest BCUT2D eigenvalue weighted by molar-refractivity contribution is -0.116. The van der Waals surface area contributed by atoms with Crippen molar-refractivity contribution in [3.63, 3.8) is 0 Å². The van der Waals surface area contributed by atoms with Gasteiger partial charge in [0, 0.05) is 26.2 Å². The van der Waals surface area contributed by atoms with Gasteiger partial charge in [0.15, 0.2) is 0 Å². The Kier molecular flexibility index (Phi) is 11.6. The van der Waals surface area contributed by atoms with Crippen molar-refractivity contribution < 1.29 is 19.1 Å². The fourth-order valence-electron chi connectivity index (χ4n) is 4.63. The van der Waals surface area contributed by atoms with Crippen LogP contribution in [0, 0.1) is 0 Å². The molecule has 1 atom stereocenters. The summed E-state index contributed by atoms with van der Waals surface area (Å²) in [7, 11) is 0. The zero-order valence-electron chi connectivity index (χ0n) is 25.5. The molecule has 7 nitrogen and oxygen atoms in total. The van der Waals surface area contributed by atoms with E-state index in [1.807, 2.05) is 97.9 Å². The van der Waals surface area contributed by atoms with E-state index in [2.05, 4.69) is 31.9 Å². The minimum atomic E-state index is -0.579. The second kappa shape index (κ2) is 16.4. The first kappa shape index (κ1) is 33.2. The van der Waals surface area contributed by atoms with Crippen molar-refractivity contribution in [3.8, 4) is 5.75 Å². The topological polar surface area (TPSA) is 96.5 Å². The van der Waals surface area contributed by atoms with Crippen LogP contribution in [-0.2, 0) is 9.59 Å². The number of amides is 3. The van der Waals surface area contributed by atoms with Crippen molar-refractivity contribution in [2.24, 2.45) is 0 Å². The van der Waals surface area contributed by atoms with Gasteiger partial charge in [-0.3, -0.25) is 14.4 Å². The number of rotatable bonds is 12. The summed E-state index contributed by atoms with van der Waals surface area (Å²) in [6, 6.07) is 40.2. The van der Waals surface area contributed by atoms with Crippen LogP contribution in [-0.4, -0.2) is 24.3 Å². The molecule has 3 amide bonds.